The molecule has 0 atom stereocenters. The molecular formula is C18H24N4O2. The molecule has 6 heteroatoms. The number of aryl methyl sites for hydroxylation is 1. The molecule has 1 aromatic carbocycles. The van der Waals surface area contributed by atoms with Gasteiger partial charge in [-0.15, -0.1) is 0 Å². The summed E-state index contributed by atoms with van der Waals surface area (Å²) in [6.07, 6.45) is 0. The van der Waals surface area contributed by atoms with Crippen molar-refractivity contribution in [1.29, 1.82) is 0 Å². The topological polar surface area (TPSA) is 50.6 Å². The fourth-order valence-electron chi connectivity index (χ4n) is 2.91. The third-order valence-corrected chi connectivity index (χ3v) is 4.61. The Kier molecular flexibility index (Phi) is 4.32. The molecule has 0 unspecified atom stereocenters. The summed E-state index contributed by atoms with van der Waals surface area (Å²) in [5.41, 5.74) is 2.39. The summed E-state index contributed by atoms with van der Waals surface area (Å²) in [5.74, 6) is 1.44. The highest BCUT2D eigenvalue weighted by Crippen LogP contribution is 2.34. The van der Waals surface area contributed by atoms with E-state index in [2.05, 4.69) is 23.6 Å². The number of anilines is 2. The first kappa shape index (κ1) is 16.5. The highest BCUT2D eigenvalue weighted by molar-refractivity contribution is 5.66. The van der Waals surface area contributed by atoms with Gasteiger partial charge in [-0.3, -0.25) is 19.2 Å². The number of rotatable bonds is 3. The SMILES string of the molecule is COc1ccccc1N1CN(C(C)C)Cn2c1nc(C)c(C)c2=O. The molecule has 3 rings (SSSR count). The Morgan fingerprint density at radius 1 is 1.17 bits per heavy atom. The summed E-state index contributed by atoms with van der Waals surface area (Å²) in [4.78, 5) is 21.8. The van der Waals surface area contributed by atoms with E-state index in [1.54, 1.807) is 11.7 Å². The smallest absolute Gasteiger partial charge is 0.259 e. The van der Waals surface area contributed by atoms with Gasteiger partial charge in [0.15, 0.2) is 0 Å². The van der Waals surface area contributed by atoms with Crippen LogP contribution in [0.5, 0.6) is 5.75 Å². The molecule has 128 valence electrons. The Morgan fingerprint density at radius 2 is 1.88 bits per heavy atom. The van der Waals surface area contributed by atoms with E-state index in [1.807, 2.05) is 38.1 Å². The van der Waals surface area contributed by atoms with Gasteiger partial charge in [0, 0.05) is 17.3 Å². The Morgan fingerprint density at radius 3 is 2.54 bits per heavy atom. The fraction of sp³-hybridized carbons (Fsp3) is 0.444. The van der Waals surface area contributed by atoms with Crippen LogP contribution in [0.15, 0.2) is 29.1 Å². The summed E-state index contributed by atoms with van der Waals surface area (Å²) >= 11 is 0. The van der Waals surface area contributed by atoms with Crippen molar-refractivity contribution in [2.75, 3.05) is 18.7 Å². The van der Waals surface area contributed by atoms with Gasteiger partial charge in [0.2, 0.25) is 5.95 Å². The van der Waals surface area contributed by atoms with Gasteiger partial charge in [-0.1, -0.05) is 12.1 Å². The van der Waals surface area contributed by atoms with Crippen molar-refractivity contribution in [2.45, 2.75) is 40.4 Å². The molecule has 1 aliphatic rings. The monoisotopic (exact) mass is 328 g/mol. The zero-order valence-corrected chi connectivity index (χ0v) is 14.9. The van der Waals surface area contributed by atoms with E-state index in [4.69, 9.17) is 9.72 Å². The minimum atomic E-state index is 0.0164. The molecule has 0 spiro atoms. The van der Waals surface area contributed by atoms with Crippen LogP contribution in [0.1, 0.15) is 25.1 Å². The molecule has 1 aromatic heterocycles. The minimum Gasteiger partial charge on any atom is -0.495 e. The number of benzene rings is 1. The molecule has 24 heavy (non-hydrogen) atoms. The first-order valence-electron chi connectivity index (χ1n) is 8.16. The van der Waals surface area contributed by atoms with Crippen LogP contribution in [0.25, 0.3) is 0 Å². The standard InChI is InChI=1S/C18H24N4O2/c1-12(2)20-10-21(15-8-6-7-9-16(15)24-5)18-19-14(4)13(3)17(23)22(18)11-20/h6-9,12H,10-11H2,1-5H3. The third kappa shape index (κ3) is 2.67. The molecule has 0 saturated carbocycles. The van der Waals surface area contributed by atoms with Crippen molar-refractivity contribution < 1.29 is 4.74 Å². The summed E-state index contributed by atoms with van der Waals surface area (Å²) in [7, 11) is 1.66. The maximum absolute atomic E-state index is 12.8. The molecule has 2 aromatic rings. The second kappa shape index (κ2) is 6.28. The van der Waals surface area contributed by atoms with Crippen LogP contribution in [0.4, 0.5) is 11.6 Å². The predicted octanol–water partition coefficient (Wildman–Crippen LogP) is 2.65. The Hall–Kier alpha value is -2.34. The number of aromatic nitrogens is 2. The van der Waals surface area contributed by atoms with Crippen molar-refractivity contribution in [1.82, 2.24) is 14.5 Å². The van der Waals surface area contributed by atoms with E-state index in [-0.39, 0.29) is 5.56 Å². The van der Waals surface area contributed by atoms with Crippen LogP contribution < -0.4 is 15.2 Å². The van der Waals surface area contributed by atoms with Gasteiger partial charge in [0.1, 0.15) is 5.75 Å². The van der Waals surface area contributed by atoms with Crippen LogP contribution in [-0.2, 0) is 6.67 Å². The van der Waals surface area contributed by atoms with Gasteiger partial charge >= 0.3 is 0 Å². The summed E-state index contributed by atoms with van der Waals surface area (Å²) in [6.45, 7) is 9.18. The van der Waals surface area contributed by atoms with Gasteiger partial charge in [-0.05, 0) is 39.8 Å². The van der Waals surface area contributed by atoms with E-state index in [0.717, 1.165) is 17.1 Å². The largest absolute Gasteiger partial charge is 0.495 e. The van der Waals surface area contributed by atoms with E-state index in [0.29, 0.717) is 30.9 Å². The lowest BCUT2D eigenvalue weighted by atomic mass is 10.2. The average Bonchev–Trinajstić information content (AvgIpc) is 2.59. The number of nitrogens with zero attached hydrogens (tertiary/aromatic N) is 4. The lowest BCUT2D eigenvalue weighted by molar-refractivity contribution is 0.156. The summed E-state index contributed by atoms with van der Waals surface area (Å²) in [6, 6.07) is 8.13. The van der Waals surface area contributed by atoms with Crippen LogP contribution in [-0.4, -0.2) is 34.3 Å². The summed E-state index contributed by atoms with van der Waals surface area (Å²) in [5, 5.41) is 0. The molecule has 0 aliphatic carbocycles. The zero-order chi connectivity index (χ0) is 17.4. The molecule has 0 N–H and O–H groups in total. The number of ether oxygens (including phenoxy) is 1. The first-order chi connectivity index (χ1) is 11.4. The highest BCUT2D eigenvalue weighted by atomic mass is 16.5. The van der Waals surface area contributed by atoms with Gasteiger partial charge in [-0.2, -0.15) is 0 Å². The van der Waals surface area contributed by atoms with Crippen molar-refractivity contribution in [3.63, 3.8) is 0 Å². The number of fused-ring (bicyclic) bond motifs is 1. The van der Waals surface area contributed by atoms with Crippen LogP contribution in [0.3, 0.4) is 0 Å². The van der Waals surface area contributed by atoms with Crippen molar-refractivity contribution in [3.05, 3.63) is 45.9 Å². The third-order valence-electron chi connectivity index (χ3n) is 4.61. The second-order valence-corrected chi connectivity index (χ2v) is 6.42. The predicted molar refractivity (Wildman–Crippen MR) is 94.9 cm³/mol. The van der Waals surface area contributed by atoms with Crippen LogP contribution in [0.2, 0.25) is 0 Å². The molecule has 0 bridgehead atoms. The molecule has 0 amide bonds. The number of methoxy groups -OCH3 is 1. The fourth-order valence-corrected chi connectivity index (χ4v) is 2.91. The quantitative estimate of drug-likeness (QED) is 0.867. The van der Waals surface area contributed by atoms with Crippen molar-refractivity contribution in [3.8, 4) is 5.75 Å². The Balaban J connectivity index is 2.22. The Bertz CT molecular complexity index is 813. The van der Waals surface area contributed by atoms with Gasteiger partial charge in [0.25, 0.3) is 5.56 Å². The normalized spacial score (nSPS) is 14.8. The number of hydrogen-bond donors (Lipinski definition) is 0. The van der Waals surface area contributed by atoms with Gasteiger partial charge in [0.05, 0.1) is 26.1 Å². The number of hydrogen-bond acceptors (Lipinski definition) is 5. The molecule has 0 fully saturated rings. The Labute approximate surface area is 142 Å². The lowest BCUT2D eigenvalue weighted by Gasteiger charge is -2.40. The lowest BCUT2D eigenvalue weighted by Crippen LogP contribution is -2.50. The van der Waals surface area contributed by atoms with E-state index >= 15 is 0 Å². The van der Waals surface area contributed by atoms with E-state index < -0.39 is 0 Å². The van der Waals surface area contributed by atoms with Crippen molar-refractivity contribution >= 4 is 11.6 Å². The van der Waals surface area contributed by atoms with Crippen LogP contribution >= 0.6 is 0 Å². The maximum atomic E-state index is 12.8. The summed E-state index contributed by atoms with van der Waals surface area (Å²) < 4.78 is 7.27. The molecule has 2 heterocycles. The van der Waals surface area contributed by atoms with E-state index in [9.17, 15) is 4.79 Å². The second-order valence-electron chi connectivity index (χ2n) is 6.42. The molecule has 0 saturated heterocycles. The molecule has 1 aliphatic heterocycles. The first-order valence-corrected chi connectivity index (χ1v) is 8.16. The molecule has 0 radical (unpaired) electrons. The number of para-hydroxylation sites is 2. The maximum Gasteiger partial charge on any atom is 0.259 e. The zero-order valence-electron chi connectivity index (χ0n) is 14.9. The van der Waals surface area contributed by atoms with E-state index in [1.165, 1.54) is 0 Å². The highest BCUT2D eigenvalue weighted by Gasteiger charge is 2.29. The van der Waals surface area contributed by atoms with Crippen molar-refractivity contribution in [2.24, 2.45) is 0 Å². The van der Waals surface area contributed by atoms with Gasteiger partial charge in [-0.25, -0.2) is 4.98 Å². The molecular weight excluding hydrogens is 304 g/mol. The minimum absolute atomic E-state index is 0.0164. The van der Waals surface area contributed by atoms with Gasteiger partial charge < -0.3 is 4.74 Å². The molecule has 6 nitrogen and oxygen atoms in total. The average molecular weight is 328 g/mol. The van der Waals surface area contributed by atoms with Crippen LogP contribution in [0, 0.1) is 13.8 Å².